The molecule has 2 aliphatic heterocycles. The number of amides is 4. The van der Waals surface area contributed by atoms with Crippen LogP contribution in [-0.2, 0) is 11.3 Å². The van der Waals surface area contributed by atoms with E-state index in [2.05, 4.69) is 16.0 Å². The van der Waals surface area contributed by atoms with Gasteiger partial charge in [-0.25, -0.2) is 4.79 Å². The summed E-state index contributed by atoms with van der Waals surface area (Å²) in [6.45, 7) is 1.55. The summed E-state index contributed by atoms with van der Waals surface area (Å²) in [6.07, 6.45) is 2.63. The van der Waals surface area contributed by atoms with Gasteiger partial charge in [0.2, 0.25) is 12.7 Å². The second-order valence-corrected chi connectivity index (χ2v) is 8.61. The van der Waals surface area contributed by atoms with Crippen LogP contribution in [0, 0.1) is 5.92 Å². The van der Waals surface area contributed by atoms with Gasteiger partial charge in [-0.3, -0.25) is 9.59 Å². The van der Waals surface area contributed by atoms with Crippen molar-refractivity contribution in [2.75, 3.05) is 30.5 Å². The van der Waals surface area contributed by atoms with Gasteiger partial charge in [0.1, 0.15) is 0 Å². The third kappa shape index (κ3) is 5.43. The number of hydrogen-bond acceptors (Lipinski definition) is 6. The van der Waals surface area contributed by atoms with Crippen molar-refractivity contribution in [3.8, 4) is 11.5 Å². The highest BCUT2D eigenvalue weighted by atomic mass is 16.7. The van der Waals surface area contributed by atoms with Gasteiger partial charge in [0.15, 0.2) is 17.3 Å². The van der Waals surface area contributed by atoms with Crippen molar-refractivity contribution < 1.29 is 28.3 Å². The van der Waals surface area contributed by atoms with Crippen LogP contribution in [0.4, 0.5) is 16.2 Å². The van der Waals surface area contributed by atoms with Crippen molar-refractivity contribution in [3.63, 3.8) is 0 Å². The number of carbonyl (C=O) groups is 3. The highest BCUT2D eigenvalue weighted by Gasteiger charge is 2.27. The molecule has 0 bridgehead atoms. The maximum absolute atomic E-state index is 12.7. The van der Waals surface area contributed by atoms with Crippen molar-refractivity contribution in [3.05, 3.63) is 72.2 Å². The summed E-state index contributed by atoms with van der Waals surface area (Å²) in [4.78, 5) is 39.1. The van der Waals surface area contributed by atoms with Gasteiger partial charge in [0.05, 0.1) is 6.26 Å². The molecule has 1 saturated heterocycles. The molecule has 0 saturated carbocycles. The van der Waals surface area contributed by atoms with E-state index in [-0.39, 0.29) is 36.3 Å². The van der Waals surface area contributed by atoms with Gasteiger partial charge in [-0.15, -0.1) is 0 Å². The normalized spacial score (nSPS) is 14.8. The van der Waals surface area contributed by atoms with Gasteiger partial charge in [0, 0.05) is 43.0 Å². The second-order valence-electron chi connectivity index (χ2n) is 8.61. The molecule has 3 heterocycles. The highest BCUT2D eigenvalue weighted by molar-refractivity contribution is 6.02. The molecule has 2 aromatic carbocycles. The number of furan rings is 1. The second kappa shape index (κ2) is 10.4. The number of carbonyl (C=O) groups excluding carboxylic acids is 3. The predicted molar refractivity (Wildman–Crippen MR) is 131 cm³/mol. The lowest BCUT2D eigenvalue weighted by atomic mass is 9.96. The number of piperidine rings is 1. The lowest BCUT2D eigenvalue weighted by Crippen LogP contribution is -2.45. The Balaban J connectivity index is 1.05. The van der Waals surface area contributed by atoms with Gasteiger partial charge < -0.3 is 34.7 Å². The molecule has 1 fully saturated rings. The molecule has 10 heteroatoms. The summed E-state index contributed by atoms with van der Waals surface area (Å²) in [5.74, 6) is 0.971. The SMILES string of the molecule is O=C(Nc1ccc(CNC(=O)N2CCC(C(=O)Nc3ccc4c(c3)OCO4)CC2)cc1)c1ccco1. The molecule has 3 N–H and O–H groups in total. The minimum absolute atomic E-state index is 0.0619. The molecule has 0 atom stereocenters. The molecule has 0 unspecified atom stereocenters. The minimum atomic E-state index is -0.325. The van der Waals surface area contributed by atoms with Crippen LogP contribution >= 0.6 is 0 Å². The number of fused-ring (bicyclic) bond motifs is 1. The van der Waals surface area contributed by atoms with Gasteiger partial charge in [0.25, 0.3) is 5.91 Å². The molecule has 0 radical (unpaired) electrons. The van der Waals surface area contributed by atoms with Crippen LogP contribution < -0.4 is 25.4 Å². The lowest BCUT2D eigenvalue weighted by Gasteiger charge is -2.31. The van der Waals surface area contributed by atoms with Crippen LogP contribution in [0.1, 0.15) is 29.0 Å². The number of ether oxygens (including phenoxy) is 2. The van der Waals surface area contributed by atoms with Crippen molar-refractivity contribution in [2.45, 2.75) is 19.4 Å². The van der Waals surface area contributed by atoms with Crippen LogP contribution in [0.25, 0.3) is 0 Å². The monoisotopic (exact) mass is 490 g/mol. The average Bonchev–Trinajstić information content (AvgIpc) is 3.60. The fourth-order valence-corrected chi connectivity index (χ4v) is 4.16. The third-order valence-electron chi connectivity index (χ3n) is 6.19. The predicted octanol–water partition coefficient (Wildman–Crippen LogP) is 3.82. The Morgan fingerprint density at radius 1 is 0.889 bits per heavy atom. The van der Waals surface area contributed by atoms with E-state index in [1.54, 1.807) is 47.4 Å². The van der Waals surface area contributed by atoms with E-state index in [1.807, 2.05) is 12.1 Å². The van der Waals surface area contributed by atoms with Crippen molar-refractivity contribution in [1.29, 1.82) is 0 Å². The third-order valence-corrected chi connectivity index (χ3v) is 6.19. The van der Waals surface area contributed by atoms with E-state index in [0.29, 0.717) is 55.3 Å². The molecule has 0 spiro atoms. The average molecular weight is 491 g/mol. The van der Waals surface area contributed by atoms with E-state index in [0.717, 1.165) is 5.56 Å². The number of benzene rings is 2. The first kappa shape index (κ1) is 23.3. The Morgan fingerprint density at radius 3 is 2.39 bits per heavy atom. The summed E-state index contributed by atoms with van der Waals surface area (Å²) < 4.78 is 15.7. The molecule has 186 valence electrons. The van der Waals surface area contributed by atoms with Crippen molar-refractivity contribution in [2.24, 2.45) is 5.92 Å². The Bertz CT molecular complexity index is 1230. The van der Waals surface area contributed by atoms with Gasteiger partial charge in [-0.05, 0) is 54.8 Å². The number of urea groups is 1. The smallest absolute Gasteiger partial charge is 0.317 e. The highest BCUT2D eigenvalue weighted by Crippen LogP contribution is 2.34. The summed E-state index contributed by atoms with van der Waals surface area (Å²) in [7, 11) is 0. The number of anilines is 2. The van der Waals surface area contributed by atoms with E-state index in [9.17, 15) is 14.4 Å². The Kier molecular flexibility index (Phi) is 6.74. The van der Waals surface area contributed by atoms with Crippen LogP contribution in [-0.4, -0.2) is 42.6 Å². The number of likely N-dealkylation sites (tertiary alicyclic amines) is 1. The molecule has 2 aliphatic rings. The number of rotatable bonds is 6. The largest absolute Gasteiger partial charge is 0.459 e. The molecule has 0 aliphatic carbocycles. The van der Waals surface area contributed by atoms with Gasteiger partial charge in [-0.1, -0.05) is 12.1 Å². The first-order valence-electron chi connectivity index (χ1n) is 11.7. The number of nitrogens with one attached hydrogen (secondary N) is 3. The molecular weight excluding hydrogens is 464 g/mol. The maximum atomic E-state index is 12.7. The van der Waals surface area contributed by atoms with Crippen molar-refractivity contribution >= 4 is 29.2 Å². The van der Waals surface area contributed by atoms with E-state index < -0.39 is 0 Å². The quantitative estimate of drug-likeness (QED) is 0.483. The topological polar surface area (TPSA) is 122 Å². The zero-order valence-corrected chi connectivity index (χ0v) is 19.5. The molecule has 10 nitrogen and oxygen atoms in total. The maximum Gasteiger partial charge on any atom is 0.317 e. The lowest BCUT2D eigenvalue weighted by molar-refractivity contribution is -0.121. The summed E-state index contributed by atoms with van der Waals surface area (Å²) in [6, 6.07) is 15.6. The summed E-state index contributed by atoms with van der Waals surface area (Å²) >= 11 is 0. The van der Waals surface area contributed by atoms with E-state index in [1.165, 1.54) is 6.26 Å². The first-order chi connectivity index (χ1) is 17.5. The van der Waals surface area contributed by atoms with Crippen LogP contribution in [0.5, 0.6) is 11.5 Å². The molecular formula is C26H26N4O6. The van der Waals surface area contributed by atoms with E-state index in [4.69, 9.17) is 13.9 Å². The van der Waals surface area contributed by atoms with Crippen molar-refractivity contribution in [1.82, 2.24) is 10.2 Å². The molecule has 1 aromatic heterocycles. The van der Waals surface area contributed by atoms with Crippen LogP contribution in [0.15, 0.2) is 65.3 Å². The van der Waals surface area contributed by atoms with Crippen LogP contribution in [0.3, 0.4) is 0 Å². The molecule has 4 amide bonds. The zero-order valence-electron chi connectivity index (χ0n) is 19.5. The number of nitrogens with zero attached hydrogens (tertiary/aromatic N) is 1. The minimum Gasteiger partial charge on any atom is -0.459 e. The van der Waals surface area contributed by atoms with E-state index >= 15 is 0 Å². The summed E-state index contributed by atoms with van der Waals surface area (Å²) in [5.41, 5.74) is 2.20. The Hall–Kier alpha value is -4.47. The van der Waals surface area contributed by atoms with Gasteiger partial charge in [-0.2, -0.15) is 0 Å². The Morgan fingerprint density at radius 2 is 1.64 bits per heavy atom. The number of hydrogen-bond donors (Lipinski definition) is 3. The van der Waals surface area contributed by atoms with Crippen LogP contribution in [0.2, 0.25) is 0 Å². The molecule has 36 heavy (non-hydrogen) atoms. The Labute approximate surface area is 207 Å². The van der Waals surface area contributed by atoms with Gasteiger partial charge >= 0.3 is 6.03 Å². The standard InChI is InChI=1S/C26H26N4O6/c31-24(29-20-7-8-21-23(14-20)36-16-35-21)18-9-11-30(12-10-18)26(33)27-15-17-3-5-19(6-4-17)28-25(32)22-2-1-13-34-22/h1-8,13-14,18H,9-12,15-16H2,(H,27,33)(H,28,32)(H,29,31). The molecule has 5 rings (SSSR count). The molecule has 3 aromatic rings. The fourth-order valence-electron chi connectivity index (χ4n) is 4.16. The fraction of sp³-hybridized carbons (Fsp3) is 0.269. The zero-order chi connectivity index (χ0) is 24.9. The summed E-state index contributed by atoms with van der Waals surface area (Å²) in [5, 5.41) is 8.60. The first-order valence-corrected chi connectivity index (χ1v) is 11.7.